The molecule has 0 saturated carbocycles. The van der Waals surface area contributed by atoms with Gasteiger partial charge in [-0.25, -0.2) is 0 Å². The zero-order valence-corrected chi connectivity index (χ0v) is 13.5. The molecule has 2 aromatic carbocycles. The van der Waals surface area contributed by atoms with Gasteiger partial charge < -0.3 is 10.6 Å². The second kappa shape index (κ2) is 6.44. The van der Waals surface area contributed by atoms with E-state index in [9.17, 15) is 0 Å². The van der Waals surface area contributed by atoms with Gasteiger partial charge in [0.25, 0.3) is 0 Å². The first-order valence-corrected chi connectivity index (χ1v) is 7.50. The summed E-state index contributed by atoms with van der Waals surface area (Å²) in [5, 5.41) is 6.47. The minimum atomic E-state index is 0.525. The maximum absolute atomic E-state index is 4.45. The summed E-state index contributed by atoms with van der Waals surface area (Å²) in [6.07, 6.45) is 0. The fourth-order valence-corrected chi connectivity index (χ4v) is 2.25. The van der Waals surface area contributed by atoms with Crippen molar-refractivity contribution in [3.8, 4) is 0 Å². The summed E-state index contributed by atoms with van der Waals surface area (Å²) in [6, 6.07) is 16.0. The Bertz CT molecular complexity index is 815. The van der Waals surface area contributed by atoms with E-state index in [4.69, 9.17) is 0 Å². The van der Waals surface area contributed by atoms with Gasteiger partial charge in [0.05, 0.1) is 0 Å². The number of rotatable bonds is 4. The van der Waals surface area contributed by atoms with E-state index >= 15 is 0 Å². The molecule has 0 radical (unpaired) electrons. The van der Waals surface area contributed by atoms with Crippen LogP contribution in [0.5, 0.6) is 0 Å². The maximum Gasteiger partial charge on any atom is 0.232 e. The van der Waals surface area contributed by atoms with Crippen LogP contribution < -0.4 is 10.6 Å². The Morgan fingerprint density at radius 3 is 2.13 bits per heavy atom. The van der Waals surface area contributed by atoms with Gasteiger partial charge in [-0.3, -0.25) is 0 Å². The van der Waals surface area contributed by atoms with Gasteiger partial charge in [0, 0.05) is 11.4 Å². The molecule has 1 heterocycles. The number of nitrogens with zero attached hydrogens (tertiary/aromatic N) is 3. The van der Waals surface area contributed by atoms with Gasteiger partial charge in [0.2, 0.25) is 11.9 Å². The second-order valence-electron chi connectivity index (χ2n) is 5.39. The van der Waals surface area contributed by atoms with Gasteiger partial charge in [-0.2, -0.15) is 15.0 Å². The Kier molecular flexibility index (Phi) is 4.19. The molecule has 5 nitrogen and oxygen atoms in total. The van der Waals surface area contributed by atoms with E-state index in [1.54, 1.807) is 0 Å². The highest BCUT2D eigenvalue weighted by molar-refractivity contribution is 5.61. The summed E-state index contributed by atoms with van der Waals surface area (Å²) in [4.78, 5) is 13.2. The number of aryl methyl sites for hydroxylation is 2. The van der Waals surface area contributed by atoms with Gasteiger partial charge in [-0.15, -0.1) is 0 Å². The largest absolute Gasteiger partial charge is 0.324 e. The first-order valence-electron chi connectivity index (χ1n) is 7.50. The molecule has 0 bridgehead atoms. The third kappa shape index (κ3) is 3.63. The molecular formula is C18H19N5. The molecule has 0 amide bonds. The smallest absolute Gasteiger partial charge is 0.232 e. The molecule has 1 aromatic heterocycles. The van der Waals surface area contributed by atoms with Crippen molar-refractivity contribution in [2.75, 3.05) is 10.6 Å². The molecular weight excluding hydrogens is 286 g/mol. The SMILES string of the molecule is Cc1nc(Nc2ccccc2)nc(Nc2cccc(C)c2C)n1. The van der Waals surface area contributed by atoms with E-state index in [2.05, 4.69) is 45.5 Å². The van der Waals surface area contributed by atoms with Crippen LogP contribution in [0.25, 0.3) is 0 Å². The predicted molar refractivity (Wildman–Crippen MR) is 93.5 cm³/mol. The molecule has 23 heavy (non-hydrogen) atoms. The quantitative estimate of drug-likeness (QED) is 0.753. The standard InChI is InChI=1S/C18H19N5/c1-12-8-7-11-16(13(12)2)22-18-20-14(3)19-17(23-18)21-15-9-5-4-6-10-15/h4-11H,1-3H3,(H2,19,20,21,22,23). The molecule has 0 atom stereocenters. The van der Waals surface area contributed by atoms with E-state index in [0.29, 0.717) is 17.7 Å². The third-order valence-corrected chi connectivity index (χ3v) is 3.63. The lowest BCUT2D eigenvalue weighted by atomic mass is 10.1. The van der Waals surface area contributed by atoms with Gasteiger partial charge in [-0.05, 0) is 50.1 Å². The summed E-state index contributed by atoms with van der Waals surface area (Å²) in [5.41, 5.74) is 4.35. The van der Waals surface area contributed by atoms with Crippen molar-refractivity contribution in [3.05, 3.63) is 65.5 Å². The number of aromatic nitrogens is 3. The first-order chi connectivity index (χ1) is 11.1. The number of para-hydroxylation sites is 1. The lowest BCUT2D eigenvalue weighted by molar-refractivity contribution is 0.988. The average Bonchev–Trinajstić information content (AvgIpc) is 2.52. The van der Waals surface area contributed by atoms with Crippen LogP contribution in [0.1, 0.15) is 17.0 Å². The maximum atomic E-state index is 4.45. The van der Waals surface area contributed by atoms with Crippen molar-refractivity contribution in [3.63, 3.8) is 0 Å². The van der Waals surface area contributed by atoms with Crippen LogP contribution >= 0.6 is 0 Å². The minimum Gasteiger partial charge on any atom is -0.324 e. The van der Waals surface area contributed by atoms with Crippen LogP contribution in [0.15, 0.2) is 48.5 Å². The Morgan fingerprint density at radius 2 is 1.39 bits per heavy atom. The number of hydrogen-bond acceptors (Lipinski definition) is 5. The lowest BCUT2D eigenvalue weighted by Crippen LogP contribution is -2.06. The van der Waals surface area contributed by atoms with E-state index in [-0.39, 0.29) is 0 Å². The van der Waals surface area contributed by atoms with Crippen LogP contribution in [0, 0.1) is 20.8 Å². The third-order valence-electron chi connectivity index (χ3n) is 3.63. The number of anilines is 4. The summed E-state index contributed by atoms with van der Waals surface area (Å²) in [6.45, 7) is 6.02. The Balaban J connectivity index is 1.87. The Morgan fingerprint density at radius 1 is 0.696 bits per heavy atom. The fraction of sp³-hybridized carbons (Fsp3) is 0.167. The molecule has 0 spiro atoms. The lowest BCUT2D eigenvalue weighted by Gasteiger charge is -2.12. The van der Waals surface area contributed by atoms with E-state index in [0.717, 1.165) is 11.4 Å². The molecule has 0 aliphatic heterocycles. The van der Waals surface area contributed by atoms with Gasteiger partial charge in [0.1, 0.15) is 5.82 Å². The van der Waals surface area contributed by atoms with Crippen LogP contribution in [0.2, 0.25) is 0 Å². The Hall–Kier alpha value is -2.95. The second-order valence-corrected chi connectivity index (χ2v) is 5.39. The molecule has 0 saturated heterocycles. The predicted octanol–water partition coefficient (Wildman–Crippen LogP) is 4.28. The molecule has 3 rings (SSSR count). The van der Waals surface area contributed by atoms with Gasteiger partial charge in [-0.1, -0.05) is 30.3 Å². The zero-order chi connectivity index (χ0) is 16.2. The van der Waals surface area contributed by atoms with Crippen molar-refractivity contribution < 1.29 is 0 Å². The first kappa shape index (κ1) is 15.0. The molecule has 0 fully saturated rings. The van der Waals surface area contributed by atoms with Crippen LogP contribution in [0.4, 0.5) is 23.3 Å². The fourth-order valence-electron chi connectivity index (χ4n) is 2.25. The van der Waals surface area contributed by atoms with E-state index in [1.165, 1.54) is 11.1 Å². The normalized spacial score (nSPS) is 10.4. The summed E-state index contributed by atoms with van der Waals surface area (Å²) in [5.74, 6) is 1.72. The van der Waals surface area contributed by atoms with Crippen molar-refractivity contribution in [1.82, 2.24) is 15.0 Å². The average molecular weight is 305 g/mol. The number of nitrogens with one attached hydrogen (secondary N) is 2. The number of hydrogen-bond donors (Lipinski definition) is 2. The highest BCUT2D eigenvalue weighted by Gasteiger charge is 2.07. The summed E-state index contributed by atoms with van der Waals surface area (Å²) < 4.78 is 0. The monoisotopic (exact) mass is 305 g/mol. The number of benzene rings is 2. The van der Waals surface area contributed by atoms with Gasteiger partial charge >= 0.3 is 0 Å². The van der Waals surface area contributed by atoms with Crippen LogP contribution in [0.3, 0.4) is 0 Å². The van der Waals surface area contributed by atoms with E-state index < -0.39 is 0 Å². The highest BCUT2D eigenvalue weighted by atomic mass is 15.2. The summed E-state index contributed by atoms with van der Waals surface area (Å²) in [7, 11) is 0. The molecule has 0 aliphatic rings. The molecule has 5 heteroatoms. The van der Waals surface area contributed by atoms with E-state index in [1.807, 2.05) is 49.4 Å². The molecule has 116 valence electrons. The van der Waals surface area contributed by atoms with Crippen LogP contribution in [-0.4, -0.2) is 15.0 Å². The molecule has 0 unspecified atom stereocenters. The van der Waals surface area contributed by atoms with Crippen molar-refractivity contribution in [1.29, 1.82) is 0 Å². The van der Waals surface area contributed by atoms with Crippen LogP contribution in [-0.2, 0) is 0 Å². The van der Waals surface area contributed by atoms with Crippen molar-refractivity contribution in [2.45, 2.75) is 20.8 Å². The molecule has 3 aromatic rings. The molecule has 0 aliphatic carbocycles. The topological polar surface area (TPSA) is 62.7 Å². The minimum absolute atomic E-state index is 0.525. The zero-order valence-electron chi connectivity index (χ0n) is 13.5. The van der Waals surface area contributed by atoms with Crippen molar-refractivity contribution in [2.24, 2.45) is 0 Å². The Labute approximate surface area is 135 Å². The van der Waals surface area contributed by atoms with Gasteiger partial charge in [0.15, 0.2) is 0 Å². The van der Waals surface area contributed by atoms with Crippen molar-refractivity contribution >= 4 is 23.3 Å². The molecule has 2 N–H and O–H groups in total. The summed E-state index contributed by atoms with van der Waals surface area (Å²) >= 11 is 0. The highest BCUT2D eigenvalue weighted by Crippen LogP contribution is 2.22.